The third-order valence-corrected chi connectivity index (χ3v) is 12.7. The smallest absolute Gasteiger partial charge is 0.160 e. The normalized spacial score (nSPS) is 11.8. The zero-order chi connectivity index (χ0) is 41.4. The SMILES string of the molecule is c1ccc(-c2cc(-c3ccccc3)nc(-c3cccc(-n4c5ccccc5c5c(-c6ccc(-n7c8ccccc8c8ccccc87)cc6)cc6c7ccccc7oc6c54)c3)c2)cc1. The summed E-state index contributed by atoms with van der Waals surface area (Å²) in [7, 11) is 0. The van der Waals surface area contributed by atoms with E-state index < -0.39 is 0 Å². The van der Waals surface area contributed by atoms with Crippen molar-refractivity contribution in [3.8, 4) is 56.1 Å². The molecule has 9 aromatic carbocycles. The number of rotatable bonds is 6. The molecular formula is C59H37N3O. The molecular weight excluding hydrogens is 767 g/mol. The van der Waals surface area contributed by atoms with Gasteiger partial charge in [-0.25, -0.2) is 4.98 Å². The van der Waals surface area contributed by atoms with Crippen LogP contribution in [0.4, 0.5) is 0 Å². The first-order valence-corrected chi connectivity index (χ1v) is 21.5. The van der Waals surface area contributed by atoms with Crippen LogP contribution in [0.2, 0.25) is 0 Å². The van der Waals surface area contributed by atoms with Crippen LogP contribution < -0.4 is 0 Å². The summed E-state index contributed by atoms with van der Waals surface area (Å²) in [5, 5.41) is 7.01. The van der Waals surface area contributed by atoms with Gasteiger partial charge in [-0.1, -0.05) is 158 Å². The predicted molar refractivity (Wildman–Crippen MR) is 262 cm³/mol. The summed E-state index contributed by atoms with van der Waals surface area (Å²) in [5.74, 6) is 0. The van der Waals surface area contributed by atoms with Crippen LogP contribution in [0.3, 0.4) is 0 Å². The van der Waals surface area contributed by atoms with Crippen LogP contribution in [-0.2, 0) is 0 Å². The zero-order valence-corrected chi connectivity index (χ0v) is 34.1. The number of pyridine rings is 1. The lowest BCUT2D eigenvalue weighted by Crippen LogP contribution is -1.96. The van der Waals surface area contributed by atoms with E-state index in [9.17, 15) is 0 Å². The average molecular weight is 804 g/mol. The van der Waals surface area contributed by atoms with Crippen LogP contribution in [0.15, 0.2) is 229 Å². The molecule has 0 N–H and O–H groups in total. The fourth-order valence-corrected chi connectivity index (χ4v) is 9.85. The second-order valence-electron chi connectivity index (χ2n) is 16.3. The van der Waals surface area contributed by atoms with Gasteiger partial charge in [-0.3, -0.25) is 0 Å². The van der Waals surface area contributed by atoms with Gasteiger partial charge in [-0.2, -0.15) is 0 Å². The highest BCUT2D eigenvalue weighted by molar-refractivity contribution is 6.26. The highest BCUT2D eigenvalue weighted by atomic mass is 16.3. The van der Waals surface area contributed by atoms with E-state index in [0.717, 1.165) is 99.9 Å². The fourth-order valence-electron chi connectivity index (χ4n) is 9.85. The first-order chi connectivity index (χ1) is 31.2. The Morgan fingerprint density at radius 2 is 0.889 bits per heavy atom. The molecule has 0 fully saturated rings. The molecule has 0 radical (unpaired) electrons. The van der Waals surface area contributed by atoms with Gasteiger partial charge in [0.2, 0.25) is 0 Å². The molecule has 0 spiro atoms. The highest BCUT2D eigenvalue weighted by Gasteiger charge is 2.23. The van der Waals surface area contributed by atoms with E-state index >= 15 is 0 Å². The highest BCUT2D eigenvalue weighted by Crippen LogP contribution is 2.46. The third kappa shape index (κ3) is 5.59. The number of hydrogen-bond acceptors (Lipinski definition) is 2. The minimum absolute atomic E-state index is 0.869. The van der Waals surface area contributed by atoms with Gasteiger partial charge in [0.1, 0.15) is 5.58 Å². The summed E-state index contributed by atoms with van der Waals surface area (Å²) in [5.41, 5.74) is 17.0. The van der Waals surface area contributed by atoms with Crippen molar-refractivity contribution < 1.29 is 4.42 Å². The van der Waals surface area contributed by atoms with E-state index in [2.05, 4.69) is 228 Å². The van der Waals surface area contributed by atoms with Crippen molar-refractivity contribution in [3.63, 3.8) is 0 Å². The lowest BCUT2D eigenvalue weighted by Gasteiger charge is -2.13. The van der Waals surface area contributed by atoms with Crippen LogP contribution in [0.25, 0.3) is 122 Å². The predicted octanol–water partition coefficient (Wildman–Crippen LogP) is 15.8. The Labute approximate surface area is 363 Å². The number of aromatic nitrogens is 3. The quantitative estimate of drug-likeness (QED) is 0.168. The molecule has 0 aliphatic rings. The number of furan rings is 1. The summed E-state index contributed by atoms with van der Waals surface area (Å²) in [6.45, 7) is 0. The Morgan fingerprint density at radius 1 is 0.333 bits per heavy atom. The molecule has 0 amide bonds. The Bertz CT molecular complexity index is 3780. The van der Waals surface area contributed by atoms with Gasteiger partial charge in [0.25, 0.3) is 0 Å². The molecule has 0 bridgehead atoms. The fraction of sp³-hybridized carbons (Fsp3) is 0. The summed E-state index contributed by atoms with van der Waals surface area (Å²) in [6, 6.07) is 80.2. The molecule has 0 aliphatic carbocycles. The second-order valence-corrected chi connectivity index (χ2v) is 16.3. The molecule has 0 saturated carbocycles. The van der Waals surface area contributed by atoms with Gasteiger partial charge in [0.15, 0.2) is 5.58 Å². The van der Waals surface area contributed by atoms with Crippen LogP contribution in [-0.4, -0.2) is 14.1 Å². The summed E-state index contributed by atoms with van der Waals surface area (Å²) in [4.78, 5) is 5.31. The molecule has 4 heteroatoms. The minimum Gasteiger partial charge on any atom is -0.454 e. The monoisotopic (exact) mass is 803 g/mol. The van der Waals surface area contributed by atoms with Gasteiger partial charge >= 0.3 is 0 Å². The van der Waals surface area contributed by atoms with Crippen LogP contribution in [0.5, 0.6) is 0 Å². The third-order valence-electron chi connectivity index (χ3n) is 12.7. The molecule has 0 saturated heterocycles. The Kier molecular flexibility index (Phi) is 7.87. The topological polar surface area (TPSA) is 35.9 Å². The van der Waals surface area contributed by atoms with Gasteiger partial charge in [-0.05, 0) is 89.0 Å². The van der Waals surface area contributed by atoms with Crippen molar-refractivity contribution in [1.82, 2.24) is 14.1 Å². The molecule has 4 nitrogen and oxygen atoms in total. The first kappa shape index (κ1) is 35.3. The second kappa shape index (κ2) is 14.1. The summed E-state index contributed by atoms with van der Waals surface area (Å²) < 4.78 is 11.7. The van der Waals surface area contributed by atoms with Gasteiger partial charge in [0, 0.05) is 54.8 Å². The number of hydrogen-bond donors (Lipinski definition) is 0. The summed E-state index contributed by atoms with van der Waals surface area (Å²) >= 11 is 0. The molecule has 13 aromatic rings. The molecule has 294 valence electrons. The summed E-state index contributed by atoms with van der Waals surface area (Å²) in [6.07, 6.45) is 0. The molecule has 63 heavy (non-hydrogen) atoms. The lowest BCUT2D eigenvalue weighted by molar-refractivity contribution is 0.671. The molecule has 0 aliphatic heterocycles. The van der Waals surface area contributed by atoms with Crippen molar-refractivity contribution in [1.29, 1.82) is 0 Å². The van der Waals surface area contributed by atoms with Crippen molar-refractivity contribution in [2.24, 2.45) is 0 Å². The molecule has 4 aromatic heterocycles. The van der Waals surface area contributed by atoms with Crippen molar-refractivity contribution in [2.75, 3.05) is 0 Å². The van der Waals surface area contributed by atoms with E-state index in [1.165, 1.54) is 21.8 Å². The maximum absolute atomic E-state index is 6.91. The molecule has 0 unspecified atom stereocenters. The Hall–Kier alpha value is -8.47. The largest absolute Gasteiger partial charge is 0.454 e. The van der Waals surface area contributed by atoms with Crippen LogP contribution >= 0.6 is 0 Å². The minimum atomic E-state index is 0.869. The number of para-hydroxylation sites is 4. The number of nitrogens with zero attached hydrogens (tertiary/aromatic N) is 3. The molecule has 13 rings (SSSR count). The number of benzene rings is 9. The van der Waals surface area contributed by atoms with E-state index in [-0.39, 0.29) is 0 Å². The van der Waals surface area contributed by atoms with Crippen molar-refractivity contribution in [3.05, 3.63) is 224 Å². The van der Waals surface area contributed by atoms with E-state index in [4.69, 9.17) is 9.40 Å². The molecule has 4 heterocycles. The van der Waals surface area contributed by atoms with E-state index in [0.29, 0.717) is 0 Å². The Balaban J connectivity index is 1.04. The van der Waals surface area contributed by atoms with Crippen molar-refractivity contribution >= 4 is 65.6 Å². The van der Waals surface area contributed by atoms with Crippen molar-refractivity contribution in [2.45, 2.75) is 0 Å². The standard InChI is InChI=1S/C59H37N3O/c1-3-16-38(17-4-1)42-35-51(40-18-5-2-6-19-40)60-52(36-42)41-20-15-21-44(34-41)62-55-28-13-9-25-48(55)57-49(37-50-47-24-10-14-29-56(47)63-59(50)58(57)62)39-30-32-43(33-31-39)61-53-26-11-7-22-45(53)46-23-8-12-27-54(46)61/h1-37H. The van der Waals surface area contributed by atoms with Gasteiger partial charge in [-0.15, -0.1) is 0 Å². The maximum Gasteiger partial charge on any atom is 0.160 e. The molecule has 0 atom stereocenters. The maximum atomic E-state index is 6.91. The van der Waals surface area contributed by atoms with E-state index in [1.54, 1.807) is 0 Å². The van der Waals surface area contributed by atoms with Crippen LogP contribution in [0.1, 0.15) is 0 Å². The van der Waals surface area contributed by atoms with E-state index in [1.807, 2.05) is 6.07 Å². The van der Waals surface area contributed by atoms with Gasteiger partial charge < -0.3 is 13.6 Å². The zero-order valence-electron chi connectivity index (χ0n) is 34.1. The first-order valence-electron chi connectivity index (χ1n) is 21.5. The van der Waals surface area contributed by atoms with Crippen LogP contribution in [0, 0.1) is 0 Å². The Morgan fingerprint density at radius 3 is 1.59 bits per heavy atom. The average Bonchev–Trinajstić information content (AvgIpc) is 4.02. The van der Waals surface area contributed by atoms with Gasteiger partial charge in [0.05, 0.1) is 33.5 Å². The number of fused-ring (bicyclic) bond motifs is 10. The lowest BCUT2D eigenvalue weighted by atomic mass is 9.96.